The fourth-order valence-corrected chi connectivity index (χ4v) is 2.45. The van der Waals surface area contributed by atoms with Crippen molar-refractivity contribution in [1.82, 2.24) is 14.8 Å². The number of nitrogens with zero attached hydrogens (tertiary/aromatic N) is 3. The maximum atomic E-state index is 4.51. The van der Waals surface area contributed by atoms with Gasteiger partial charge in [-0.1, -0.05) is 26.7 Å². The van der Waals surface area contributed by atoms with Crippen LogP contribution in [0, 0.1) is 6.92 Å². The molecule has 0 fully saturated rings. The number of nitrogens with one attached hydrogen (secondary N) is 1. The Kier molecular flexibility index (Phi) is 4.40. The van der Waals surface area contributed by atoms with Gasteiger partial charge in [-0.25, -0.2) is 4.98 Å². The first-order chi connectivity index (χ1) is 9.15. The molecule has 2 heterocycles. The second-order valence-electron chi connectivity index (χ2n) is 5.20. The third-order valence-corrected chi connectivity index (χ3v) is 3.63. The average Bonchev–Trinajstić information content (AvgIpc) is 2.69. The van der Waals surface area contributed by atoms with Gasteiger partial charge in [-0.2, -0.15) is 5.10 Å². The molecule has 0 aliphatic rings. The second kappa shape index (κ2) is 6.04. The fourth-order valence-electron chi connectivity index (χ4n) is 2.45. The molecule has 0 aliphatic heterocycles. The number of rotatable bonds is 6. The monoisotopic (exact) mass is 260 g/mol. The molecular formula is C15H24N4. The number of aromatic nitrogens is 3. The molecule has 1 atom stereocenters. The van der Waals surface area contributed by atoms with Gasteiger partial charge >= 0.3 is 0 Å². The summed E-state index contributed by atoms with van der Waals surface area (Å²) in [5.74, 6) is 0. The van der Waals surface area contributed by atoms with Crippen molar-refractivity contribution in [2.45, 2.75) is 52.5 Å². The topological polar surface area (TPSA) is 42.7 Å². The highest BCUT2D eigenvalue weighted by molar-refractivity contribution is 5.81. The van der Waals surface area contributed by atoms with E-state index in [1.807, 2.05) is 24.9 Å². The van der Waals surface area contributed by atoms with E-state index in [0.29, 0.717) is 6.04 Å². The van der Waals surface area contributed by atoms with Gasteiger partial charge in [0.2, 0.25) is 0 Å². The third-order valence-electron chi connectivity index (χ3n) is 3.63. The van der Waals surface area contributed by atoms with Crippen molar-refractivity contribution in [3.63, 3.8) is 0 Å². The van der Waals surface area contributed by atoms with Gasteiger partial charge in [-0.15, -0.1) is 0 Å². The van der Waals surface area contributed by atoms with Crippen LogP contribution in [0.4, 0.5) is 5.69 Å². The lowest BCUT2D eigenvalue weighted by Gasteiger charge is -2.17. The molecular weight excluding hydrogens is 236 g/mol. The molecule has 0 aromatic carbocycles. The van der Waals surface area contributed by atoms with Gasteiger partial charge in [-0.3, -0.25) is 4.68 Å². The van der Waals surface area contributed by atoms with Crippen molar-refractivity contribution >= 4 is 16.7 Å². The van der Waals surface area contributed by atoms with E-state index in [2.05, 4.69) is 35.3 Å². The number of aryl methyl sites for hydroxylation is 2. The Morgan fingerprint density at radius 2 is 2.16 bits per heavy atom. The number of anilines is 1. The van der Waals surface area contributed by atoms with Crippen molar-refractivity contribution in [2.24, 2.45) is 7.05 Å². The molecule has 0 spiro atoms. The molecule has 0 aliphatic carbocycles. The van der Waals surface area contributed by atoms with Crippen LogP contribution in [-0.2, 0) is 7.05 Å². The van der Waals surface area contributed by atoms with Gasteiger partial charge < -0.3 is 5.32 Å². The Balaban J connectivity index is 2.18. The first-order valence-electron chi connectivity index (χ1n) is 7.21. The van der Waals surface area contributed by atoms with Crippen molar-refractivity contribution in [3.05, 3.63) is 18.0 Å². The number of hydrogen-bond acceptors (Lipinski definition) is 3. The Labute approximate surface area is 115 Å². The van der Waals surface area contributed by atoms with E-state index in [1.54, 1.807) is 0 Å². The van der Waals surface area contributed by atoms with Gasteiger partial charge in [-0.05, 0) is 25.8 Å². The number of hydrogen-bond donors (Lipinski definition) is 1. The molecule has 4 nitrogen and oxygen atoms in total. The molecule has 0 saturated carbocycles. The zero-order chi connectivity index (χ0) is 13.8. The van der Waals surface area contributed by atoms with Crippen LogP contribution in [-0.4, -0.2) is 20.8 Å². The van der Waals surface area contributed by atoms with E-state index in [-0.39, 0.29) is 0 Å². The van der Waals surface area contributed by atoms with Gasteiger partial charge in [0.1, 0.15) is 0 Å². The smallest absolute Gasteiger partial charge is 0.157 e. The number of unbranched alkanes of at least 4 members (excludes halogenated alkanes) is 1. The first-order valence-corrected chi connectivity index (χ1v) is 7.21. The maximum Gasteiger partial charge on any atom is 0.157 e. The Bertz CT molecular complexity index is 544. The van der Waals surface area contributed by atoms with E-state index in [1.165, 1.54) is 19.3 Å². The minimum atomic E-state index is 0.538. The molecule has 1 N–H and O–H groups in total. The Morgan fingerprint density at radius 3 is 2.84 bits per heavy atom. The van der Waals surface area contributed by atoms with Crippen LogP contribution in [0.5, 0.6) is 0 Å². The lowest BCUT2D eigenvalue weighted by atomic mass is 10.1. The predicted molar refractivity (Wildman–Crippen MR) is 80.5 cm³/mol. The molecule has 1 unspecified atom stereocenters. The van der Waals surface area contributed by atoms with Crippen molar-refractivity contribution in [2.75, 3.05) is 5.32 Å². The van der Waals surface area contributed by atoms with Crippen LogP contribution in [0.15, 0.2) is 12.3 Å². The molecule has 2 aromatic rings. The first kappa shape index (κ1) is 13.8. The van der Waals surface area contributed by atoms with Gasteiger partial charge in [0, 0.05) is 18.5 Å². The SMILES string of the molecule is CCCCC(CC)Nc1cnc2c(c1)c(C)nn2C. The van der Waals surface area contributed by atoms with Crippen molar-refractivity contribution in [1.29, 1.82) is 0 Å². The maximum absolute atomic E-state index is 4.51. The Morgan fingerprint density at radius 1 is 1.37 bits per heavy atom. The highest BCUT2D eigenvalue weighted by Gasteiger charge is 2.09. The lowest BCUT2D eigenvalue weighted by Crippen LogP contribution is -2.18. The Hall–Kier alpha value is -1.58. The summed E-state index contributed by atoms with van der Waals surface area (Å²) in [5, 5.41) is 9.14. The molecule has 0 amide bonds. The molecule has 0 saturated heterocycles. The highest BCUT2D eigenvalue weighted by Crippen LogP contribution is 2.21. The van der Waals surface area contributed by atoms with Gasteiger partial charge in [0.15, 0.2) is 5.65 Å². The summed E-state index contributed by atoms with van der Waals surface area (Å²) in [6.07, 6.45) is 6.80. The minimum Gasteiger partial charge on any atom is -0.381 e. The van der Waals surface area contributed by atoms with Gasteiger partial charge in [0.05, 0.1) is 17.6 Å². The summed E-state index contributed by atoms with van der Waals surface area (Å²) in [6, 6.07) is 2.70. The van der Waals surface area contributed by atoms with E-state index < -0.39 is 0 Å². The summed E-state index contributed by atoms with van der Waals surface area (Å²) >= 11 is 0. The lowest BCUT2D eigenvalue weighted by molar-refractivity contribution is 0.593. The van der Waals surface area contributed by atoms with E-state index >= 15 is 0 Å². The van der Waals surface area contributed by atoms with Crippen LogP contribution < -0.4 is 5.32 Å². The molecule has 19 heavy (non-hydrogen) atoms. The predicted octanol–water partition coefficient (Wildman–Crippen LogP) is 3.66. The zero-order valence-corrected chi connectivity index (χ0v) is 12.4. The quantitative estimate of drug-likeness (QED) is 0.862. The molecule has 0 radical (unpaired) electrons. The second-order valence-corrected chi connectivity index (χ2v) is 5.20. The van der Waals surface area contributed by atoms with Crippen LogP contribution in [0.3, 0.4) is 0 Å². The summed E-state index contributed by atoms with van der Waals surface area (Å²) < 4.78 is 1.84. The summed E-state index contributed by atoms with van der Waals surface area (Å²) in [6.45, 7) is 6.50. The number of fused-ring (bicyclic) bond motifs is 1. The molecule has 0 bridgehead atoms. The van der Waals surface area contributed by atoms with Crippen LogP contribution in [0.2, 0.25) is 0 Å². The van der Waals surface area contributed by atoms with Crippen LogP contribution >= 0.6 is 0 Å². The third kappa shape index (κ3) is 3.06. The summed E-state index contributed by atoms with van der Waals surface area (Å²) in [5.41, 5.74) is 3.09. The zero-order valence-electron chi connectivity index (χ0n) is 12.4. The van der Waals surface area contributed by atoms with Crippen LogP contribution in [0.1, 0.15) is 45.2 Å². The number of pyridine rings is 1. The standard InChI is InChI=1S/C15H24N4/c1-5-7-8-12(6-2)17-13-9-14-11(3)18-19(4)15(14)16-10-13/h9-10,12,17H,5-8H2,1-4H3. The minimum absolute atomic E-state index is 0.538. The molecule has 4 heteroatoms. The van der Waals surface area contributed by atoms with E-state index in [0.717, 1.165) is 28.8 Å². The van der Waals surface area contributed by atoms with Crippen molar-refractivity contribution in [3.8, 4) is 0 Å². The average molecular weight is 260 g/mol. The largest absolute Gasteiger partial charge is 0.381 e. The molecule has 2 rings (SSSR count). The molecule has 104 valence electrons. The van der Waals surface area contributed by atoms with E-state index in [4.69, 9.17) is 0 Å². The van der Waals surface area contributed by atoms with E-state index in [9.17, 15) is 0 Å². The summed E-state index contributed by atoms with van der Waals surface area (Å²) in [4.78, 5) is 4.51. The van der Waals surface area contributed by atoms with Crippen molar-refractivity contribution < 1.29 is 0 Å². The summed E-state index contributed by atoms with van der Waals surface area (Å²) in [7, 11) is 1.94. The fraction of sp³-hybridized carbons (Fsp3) is 0.600. The normalized spacial score (nSPS) is 12.8. The van der Waals surface area contributed by atoms with Gasteiger partial charge in [0.25, 0.3) is 0 Å². The highest BCUT2D eigenvalue weighted by atomic mass is 15.3. The van der Waals surface area contributed by atoms with Crippen LogP contribution in [0.25, 0.3) is 11.0 Å². The molecule has 2 aromatic heterocycles.